The number of carbonyl (C=O) groups is 2. The Morgan fingerprint density at radius 2 is 1.59 bits per heavy atom. The molecule has 9 nitrogen and oxygen atoms in total. The number of hydrogen-bond acceptors (Lipinski definition) is 7. The average molecular weight is 744 g/mol. The second-order valence-corrected chi connectivity index (χ2v) is 13.3. The summed E-state index contributed by atoms with van der Waals surface area (Å²) in [5, 5.41) is 11.7. The normalized spacial score (nSPS) is 18.9. The molecule has 2 aromatic carbocycles. The van der Waals surface area contributed by atoms with Crippen molar-refractivity contribution in [3.05, 3.63) is 64.9 Å². The zero-order valence-corrected chi connectivity index (χ0v) is 28.8. The molecule has 3 heterocycles. The Kier molecular flexibility index (Phi) is 12.1. The number of piperazine rings is 1. The van der Waals surface area contributed by atoms with Gasteiger partial charge in [-0.2, -0.15) is 31.4 Å². The second-order valence-electron chi connectivity index (χ2n) is 12.9. The molecule has 0 spiro atoms. The van der Waals surface area contributed by atoms with Crippen molar-refractivity contribution in [1.82, 2.24) is 14.7 Å². The van der Waals surface area contributed by atoms with Crippen LogP contribution < -0.4 is 9.80 Å². The van der Waals surface area contributed by atoms with Crippen molar-refractivity contribution in [3.8, 4) is 11.1 Å². The van der Waals surface area contributed by atoms with E-state index in [1.807, 2.05) is 18.2 Å². The Hall–Kier alpha value is -3.98. The first-order chi connectivity index (χ1) is 24.2. The number of carbonyl (C=O) groups excluding carboxylic acids is 1. The number of esters is 1. The van der Waals surface area contributed by atoms with E-state index in [2.05, 4.69) is 44.1 Å². The Morgan fingerprint density at radius 1 is 0.922 bits per heavy atom. The maximum atomic E-state index is 14.2. The molecular weight excluding hydrogens is 704 g/mol. The molecule has 1 saturated carbocycles. The van der Waals surface area contributed by atoms with Crippen LogP contribution in [0.1, 0.15) is 61.1 Å². The van der Waals surface area contributed by atoms with Crippen LogP contribution in [0.15, 0.2) is 48.7 Å². The van der Waals surface area contributed by atoms with Gasteiger partial charge in [-0.15, -0.1) is 0 Å². The molecule has 0 bridgehead atoms. The van der Waals surface area contributed by atoms with E-state index in [9.17, 15) is 31.1 Å². The molecule has 278 valence electrons. The Bertz CT molecular complexity index is 1650. The number of piperidine rings is 1. The number of nitrogens with zero attached hydrogens (tertiary/aromatic N) is 5. The lowest BCUT2D eigenvalue weighted by molar-refractivity contribution is -0.192. The summed E-state index contributed by atoms with van der Waals surface area (Å²) in [6.45, 7) is 7.93. The van der Waals surface area contributed by atoms with Gasteiger partial charge in [-0.25, -0.2) is 9.59 Å². The van der Waals surface area contributed by atoms with Crippen LogP contribution in [-0.2, 0) is 15.7 Å². The number of hydrogen-bond donors (Lipinski definition) is 1. The van der Waals surface area contributed by atoms with Crippen molar-refractivity contribution < 1.29 is 45.8 Å². The van der Waals surface area contributed by atoms with E-state index in [-0.39, 0.29) is 6.61 Å². The second kappa shape index (κ2) is 16.1. The quantitative estimate of drug-likeness (QED) is 0.185. The SMILES string of the molecule is CCOC(=O)c1cnn(C2CCCN(c3cc(Cl)ccc3-c3ccc(N4CCN(CC5CCC5)CC4)cc3)C2)c1C(F)(F)F.O=C(O)C(F)(F)F. The van der Waals surface area contributed by atoms with Crippen molar-refractivity contribution >= 4 is 34.9 Å². The molecule has 2 saturated heterocycles. The van der Waals surface area contributed by atoms with Crippen LogP contribution in [0.2, 0.25) is 5.02 Å². The Balaban J connectivity index is 0.000000654. The maximum Gasteiger partial charge on any atom is 0.490 e. The summed E-state index contributed by atoms with van der Waals surface area (Å²) >= 11 is 6.46. The third-order valence-electron chi connectivity index (χ3n) is 9.50. The molecule has 1 atom stereocenters. The number of rotatable bonds is 8. The average Bonchev–Trinajstić information content (AvgIpc) is 3.54. The van der Waals surface area contributed by atoms with E-state index in [0.717, 1.165) is 59.8 Å². The van der Waals surface area contributed by atoms with Crippen LogP contribution in [0, 0.1) is 5.92 Å². The van der Waals surface area contributed by atoms with Gasteiger partial charge in [0.05, 0.1) is 18.8 Å². The predicted molar refractivity (Wildman–Crippen MR) is 180 cm³/mol. The van der Waals surface area contributed by atoms with Crippen molar-refractivity contribution in [2.45, 2.75) is 57.4 Å². The highest BCUT2D eigenvalue weighted by atomic mass is 35.5. The number of benzene rings is 2. The van der Waals surface area contributed by atoms with Gasteiger partial charge in [-0.3, -0.25) is 9.58 Å². The number of carboxylic acids is 1. The molecule has 1 aliphatic carbocycles. The molecule has 16 heteroatoms. The maximum absolute atomic E-state index is 14.2. The van der Waals surface area contributed by atoms with Gasteiger partial charge in [0.2, 0.25) is 0 Å². The van der Waals surface area contributed by atoms with E-state index in [0.29, 0.717) is 31.0 Å². The fourth-order valence-electron chi connectivity index (χ4n) is 6.74. The molecule has 3 aromatic rings. The van der Waals surface area contributed by atoms with Crippen LogP contribution >= 0.6 is 11.6 Å². The first-order valence-electron chi connectivity index (χ1n) is 16.9. The van der Waals surface area contributed by atoms with Crippen LogP contribution in [0.4, 0.5) is 37.7 Å². The zero-order chi connectivity index (χ0) is 36.9. The number of aromatic nitrogens is 2. The molecule has 3 aliphatic rings. The van der Waals surface area contributed by atoms with Gasteiger partial charge in [0, 0.05) is 67.8 Å². The highest BCUT2D eigenvalue weighted by Crippen LogP contribution is 2.40. The molecule has 3 fully saturated rings. The molecule has 2 aliphatic heterocycles. The molecule has 0 radical (unpaired) electrons. The number of carboxylic acid groups (broad SMARTS) is 1. The fraction of sp³-hybridized carbons (Fsp3) is 0.514. The summed E-state index contributed by atoms with van der Waals surface area (Å²) in [5.41, 5.74) is 2.43. The van der Waals surface area contributed by atoms with Crippen molar-refractivity contribution in [1.29, 1.82) is 0 Å². The van der Waals surface area contributed by atoms with Gasteiger partial charge in [-0.1, -0.05) is 36.2 Å². The first-order valence-corrected chi connectivity index (χ1v) is 17.3. The number of alkyl halides is 6. The lowest BCUT2D eigenvalue weighted by Gasteiger charge is -2.39. The summed E-state index contributed by atoms with van der Waals surface area (Å²) in [7, 11) is 0. The van der Waals surface area contributed by atoms with Crippen LogP contribution in [0.3, 0.4) is 0 Å². The van der Waals surface area contributed by atoms with Crippen LogP contribution in [0.5, 0.6) is 0 Å². The largest absolute Gasteiger partial charge is 0.490 e. The highest BCUT2D eigenvalue weighted by molar-refractivity contribution is 6.31. The van der Waals surface area contributed by atoms with Crippen molar-refractivity contribution in [3.63, 3.8) is 0 Å². The van der Waals surface area contributed by atoms with Gasteiger partial charge < -0.3 is 19.6 Å². The predicted octanol–water partition coefficient (Wildman–Crippen LogP) is 7.80. The topological polar surface area (TPSA) is 91.1 Å². The minimum atomic E-state index is -5.08. The monoisotopic (exact) mass is 743 g/mol. The summed E-state index contributed by atoms with van der Waals surface area (Å²) in [5.74, 6) is -2.89. The molecular formula is C35H40ClF6N5O4. The smallest absolute Gasteiger partial charge is 0.475 e. The van der Waals surface area contributed by atoms with Crippen molar-refractivity contribution in [2.75, 3.05) is 62.2 Å². The summed E-state index contributed by atoms with van der Waals surface area (Å²) in [6.07, 6.45) is -3.57. The van der Waals surface area contributed by atoms with Gasteiger partial charge in [0.15, 0.2) is 5.69 Å². The molecule has 51 heavy (non-hydrogen) atoms. The van der Waals surface area contributed by atoms with E-state index < -0.39 is 41.6 Å². The molecule has 1 unspecified atom stereocenters. The number of anilines is 2. The lowest BCUT2D eigenvalue weighted by atomic mass is 9.85. The minimum absolute atomic E-state index is 0.0198. The summed E-state index contributed by atoms with van der Waals surface area (Å²) in [4.78, 5) is 28.3. The highest BCUT2D eigenvalue weighted by Gasteiger charge is 2.43. The van der Waals surface area contributed by atoms with Crippen LogP contribution in [-0.4, -0.2) is 90.3 Å². The zero-order valence-electron chi connectivity index (χ0n) is 28.0. The minimum Gasteiger partial charge on any atom is -0.475 e. The van der Waals surface area contributed by atoms with E-state index >= 15 is 0 Å². The standard InChI is InChI=1S/C33H39ClF3N5O2.C2HF3O2/c1-2-44-32(43)29-20-38-42(31(29)33(35,36)37)27-7-4-14-41(22-27)30-19-25(34)10-13-28(30)24-8-11-26(12-9-24)40-17-15-39(16-18-40)21-23-5-3-6-23;3-2(4,5)1(6)7/h8-13,19-20,23,27H,2-7,14-18,21-22H2,1H3;(H,6,7). The number of ether oxygens (including phenoxy) is 1. The molecule has 1 aromatic heterocycles. The van der Waals surface area contributed by atoms with Gasteiger partial charge in [0.25, 0.3) is 0 Å². The van der Waals surface area contributed by atoms with E-state index in [4.69, 9.17) is 26.2 Å². The van der Waals surface area contributed by atoms with Crippen molar-refractivity contribution in [2.24, 2.45) is 5.92 Å². The van der Waals surface area contributed by atoms with E-state index in [1.54, 1.807) is 6.92 Å². The Labute approximate surface area is 296 Å². The molecule has 6 rings (SSSR count). The van der Waals surface area contributed by atoms with Gasteiger partial charge in [-0.05, 0) is 68.4 Å². The summed E-state index contributed by atoms with van der Waals surface area (Å²) in [6, 6.07) is 13.7. The molecule has 0 amide bonds. The number of halogens is 7. The first kappa shape index (κ1) is 38.3. The third-order valence-corrected chi connectivity index (χ3v) is 9.74. The van der Waals surface area contributed by atoms with Crippen LogP contribution in [0.25, 0.3) is 11.1 Å². The van der Waals surface area contributed by atoms with E-state index in [1.165, 1.54) is 31.5 Å². The Morgan fingerprint density at radius 3 is 2.16 bits per heavy atom. The summed E-state index contributed by atoms with van der Waals surface area (Å²) < 4.78 is 80.2. The van der Waals surface area contributed by atoms with Gasteiger partial charge in [0.1, 0.15) is 5.56 Å². The number of aliphatic carboxylic acids is 1. The fourth-order valence-corrected chi connectivity index (χ4v) is 6.91. The lowest BCUT2D eigenvalue weighted by Crippen LogP contribution is -2.48. The third kappa shape index (κ3) is 9.47. The van der Waals surface area contributed by atoms with Gasteiger partial charge >= 0.3 is 24.3 Å². The molecule has 1 N–H and O–H groups in total.